The van der Waals surface area contributed by atoms with Crippen LogP contribution in [0.2, 0.25) is 0 Å². The normalized spacial score (nSPS) is 17.2. The van der Waals surface area contributed by atoms with Gasteiger partial charge in [-0.3, -0.25) is 4.79 Å². The summed E-state index contributed by atoms with van der Waals surface area (Å²) in [5, 5.41) is 16.1. The average molecular weight is 707 g/mol. The number of carboxylic acid groups (broad SMARTS) is 1. The molecule has 0 radical (unpaired) electrons. The van der Waals surface area contributed by atoms with E-state index in [-0.39, 0.29) is 53.2 Å². The zero-order valence-electron chi connectivity index (χ0n) is 26.7. The maximum absolute atomic E-state index is 15.5. The summed E-state index contributed by atoms with van der Waals surface area (Å²) >= 11 is 0. The number of carbonyl (C=O) groups excluding carboxylic acids is 1. The number of piperazine rings is 1. The average Bonchev–Trinajstić information content (AvgIpc) is 3.08. The standard InChI is InChI=1S/C35H33F3N6O5S/c1-22-20-43(35(46)47)21-27(44(22)50(48,49)28-12-3-2-4-13-28)16-17-29-30(38)14-7-15-31(29)40-34(45)33(41-42-39)32(23-8-5-10-25(36)18-23)24-9-6-11-26(37)19-24/h2-15,18-19,22,27,32-33H,16-17,20-21H2,1H3,(H,40,45)(H,46,47)/t22?,27?,33-/m0/s1. The van der Waals surface area contributed by atoms with Crippen LogP contribution in [-0.2, 0) is 21.2 Å². The van der Waals surface area contributed by atoms with Crippen molar-refractivity contribution in [2.45, 2.75) is 48.7 Å². The molecule has 1 aliphatic heterocycles. The van der Waals surface area contributed by atoms with Crippen LogP contribution in [-0.4, -0.2) is 65.9 Å². The molecule has 1 saturated heterocycles. The molecule has 1 aliphatic rings. The van der Waals surface area contributed by atoms with Gasteiger partial charge in [0.1, 0.15) is 23.5 Å². The Morgan fingerprint density at radius 1 is 0.940 bits per heavy atom. The molecule has 3 atom stereocenters. The van der Waals surface area contributed by atoms with E-state index in [1.165, 1.54) is 65.0 Å². The van der Waals surface area contributed by atoms with Gasteiger partial charge in [0.2, 0.25) is 15.9 Å². The minimum atomic E-state index is -4.09. The van der Waals surface area contributed by atoms with Crippen LogP contribution in [0.3, 0.4) is 0 Å². The number of rotatable bonds is 11. The molecule has 11 nitrogen and oxygen atoms in total. The van der Waals surface area contributed by atoms with Crippen molar-refractivity contribution < 1.29 is 36.3 Å². The first-order chi connectivity index (χ1) is 23.9. The van der Waals surface area contributed by atoms with Crippen LogP contribution in [0.5, 0.6) is 0 Å². The third kappa shape index (κ3) is 7.91. The number of azide groups is 1. The van der Waals surface area contributed by atoms with E-state index in [0.29, 0.717) is 0 Å². The molecule has 5 rings (SSSR count). The number of nitrogens with one attached hydrogen (secondary N) is 1. The Morgan fingerprint density at radius 3 is 2.14 bits per heavy atom. The van der Waals surface area contributed by atoms with Gasteiger partial charge in [-0.2, -0.15) is 4.31 Å². The third-order valence-corrected chi connectivity index (χ3v) is 10.7. The van der Waals surface area contributed by atoms with Gasteiger partial charge in [0.05, 0.1) is 4.90 Å². The molecule has 4 aromatic carbocycles. The van der Waals surface area contributed by atoms with Gasteiger partial charge in [-0.1, -0.05) is 53.6 Å². The summed E-state index contributed by atoms with van der Waals surface area (Å²) in [6.07, 6.45) is -1.39. The highest BCUT2D eigenvalue weighted by Gasteiger charge is 2.42. The highest BCUT2D eigenvalue weighted by Crippen LogP contribution is 2.34. The number of halogens is 3. The molecule has 2 unspecified atom stereocenters. The zero-order valence-corrected chi connectivity index (χ0v) is 27.6. The zero-order chi connectivity index (χ0) is 36.0. The predicted molar refractivity (Wildman–Crippen MR) is 179 cm³/mol. The monoisotopic (exact) mass is 706 g/mol. The van der Waals surface area contributed by atoms with Gasteiger partial charge in [-0.25, -0.2) is 26.4 Å². The fourth-order valence-corrected chi connectivity index (χ4v) is 8.27. The lowest BCUT2D eigenvalue weighted by molar-refractivity contribution is -0.117. The molecule has 1 fully saturated rings. The molecule has 0 aliphatic carbocycles. The minimum absolute atomic E-state index is 0.00856. The van der Waals surface area contributed by atoms with Crippen molar-refractivity contribution in [3.8, 4) is 0 Å². The molecule has 0 aromatic heterocycles. The topological polar surface area (TPSA) is 156 Å². The lowest BCUT2D eigenvalue weighted by Crippen LogP contribution is -2.60. The highest BCUT2D eigenvalue weighted by molar-refractivity contribution is 7.89. The van der Waals surface area contributed by atoms with Crippen LogP contribution >= 0.6 is 0 Å². The van der Waals surface area contributed by atoms with Crippen molar-refractivity contribution in [3.05, 3.63) is 142 Å². The van der Waals surface area contributed by atoms with E-state index < -0.39 is 63.5 Å². The Kier molecular flexibility index (Phi) is 11.1. The van der Waals surface area contributed by atoms with Crippen molar-refractivity contribution in [2.75, 3.05) is 18.4 Å². The first kappa shape index (κ1) is 35.9. The number of sulfonamides is 1. The number of carbonyl (C=O) groups is 2. The molecule has 1 heterocycles. The summed E-state index contributed by atoms with van der Waals surface area (Å²) in [5.74, 6) is -4.05. The fourth-order valence-electron chi connectivity index (χ4n) is 6.42. The van der Waals surface area contributed by atoms with Crippen LogP contribution in [0.4, 0.5) is 23.7 Å². The Bertz CT molecular complexity index is 1980. The van der Waals surface area contributed by atoms with Gasteiger partial charge in [0, 0.05) is 47.3 Å². The largest absolute Gasteiger partial charge is 0.465 e. The van der Waals surface area contributed by atoms with Crippen LogP contribution in [0, 0.1) is 17.5 Å². The van der Waals surface area contributed by atoms with E-state index in [2.05, 4.69) is 15.3 Å². The van der Waals surface area contributed by atoms with Gasteiger partial charge in [-0.05, 0) is 85.0 Å². The first-order valence-electron chi connectivity index (χ1n) is 15.6. The van der Waals surface area contributed by atoms with Gasteiger partial charge >= 0.3 is 6.09 Å². The van der Waals surface area contributed by atoms with Crippen LogP contribution in [0.1, 0.15) is 36.0 Å². The van der Waals surface area contributed by atoms with Gasteiger partial charge in [0.25, 0.3) is 0 Å². The maximum Gasteiger partial charge on any atom is 0.407 e. The number of anilines is 1. The predicted octanol–water partition coefficient (Wildman–Crippen LogP) is 6.93. The molecular formula is C35H33F3N6O5S. The maximum atomic E-state index is 15.5. The van der Waals surface area contributed by atoms with E-state index in [0.717, 1.165) is 23.1 Å². The van der Waals surface area contributed by atoms with Gasteiger partial charge < -0.3 is 15.3 Å². The Morgan fingerprint density at radius 2 is 1.56 bits per heavy atom. The molecule has 0 saturated carbocycles. The van der Waals surface area contributed by atoms with E-state index in [1.807, 2.05) is 0 Å². The number of benzene rings is 4. The number of hydrogen-bond acceptors (Lipinski definition) is 5. The van der Waals surface area contributed by atoms with Crippen LogP contribution in [0.15, 0.2) is 107 Å². The summed E-state index contributed by atoms with van der Waals surface area (Å²) in [6.45, 7) is 1.35. The highest BCUT2D eigenvalue weighted by atomic mass is 32.2. The lowest BCUT2D eigenvalue weighted by Gasteiger charge is -2.43. The molecule has 260 valence electrons. The Hall–Kier alpha value is -5.37. The van der Waals surface area contributed by atoms with Crippen molar-refractivity contribution in [3.63, 3.8) is 0 Å². The molecule has 2 N–H and O–H groups in total. The second kappa shape index (κ2) is 15.5. The summed E-state index contributed by atoms with van der Waals surface area (Å²) in [7, 11) is -4.09. The summed E-state index contributed by atoms with van der Waals surface area (Å²) < 4.78 is 73.0. The van der Waals surface area contributed by atoms with Crippen molar-refractivity contribution >= 4 is 27.7 Å². The number of nitrogens with zero attached hydrogens (tertiary/aromatic N) is 5. The Labute approximate surface area is 286 Å². The molecule has 0 bridgehead atoms. The molecule has 0 spiro atoms. The molecule has 2 amide bonds. The van der Waals surface area contributed by atoms with Crippen molar-refractivity contribution in [1.82, 2.24) is 9.21 Å². The van der Waals surface area contributed by atoms with Crippen molar-refractivity contribution in [2.24, 2.45) is 5.11 Å². The number of amides is 2. The van der Waals surface area contributed by atoms with Gasteiger partial charge in [0.15, 0.2) is 0 Å². The smallest absolute Gasteiger partial charge is 0.407 e. The van der Waals surface area contributed by atoms with E-state index in [9.17, 15) is 37.4 Å². The van der Waals surface area contributed by atoms with Crippen LogP contribution < -0.4 is 5.32 Å². The molecular weight excluding hydrogens is 673 g/mol. The quantitative estimate of drug-likeness (QED) is 0.0983. The third-order valence-electron chi connectivity index (χ3n) is 8.58. The molecule has 50 heavy (non-hydrogen) atoms. The Balaban J connectivity index is 1.47. The SMILES string of the molecule is CC1CN(C(=O)O)CC(CCc2c(F)cccc2NC(=O)[C@@H](N=[N+]=[N-])C(c2cccc(F)c2)c2cccc(F)c2)N1S(=O)(=O)c1ccccc1. The summed E-state index contributed by atoms with van der Waals surface area (Å²) in [6, 6.07) is 18.8. The molecule has 4 aromatic rings. The van der Waals surface area contributed by atoms with Crippen molar-refractivity contribution in [1.29, 1.82) is 0 Å². The second-order valence-corrected chi connectivity index (χ2v) is 13.7. The lowest BCUT2D eigenvalue weighted by atomic mass is 9.84. The van der Waals surface area contributed by atoms with E-state index >= 15 is 4.39 Å². The minimum Gasteiger partial charge on any atom is -0.465 e. The summed E-state index contributed by atoms with van der Waals surface area (Å²) in [4.78, 5) is 29.8. The fraction of sp³-hybridized carbons (Fsp3) is 0.257. The summed E-state index contributed by atoms with van der Waals surface area (Å²) in [5.41, 5.74) is 9.87. The number of hydrogen-bond donors (Lipinski definition) is 2. The first-order valence-corrected chi connectivity index (χ1v) is 17.0. The van der Waals surface area contributed by atoms with E-state index in [1.54, 1.807) is 25.1 Å². The van der Waals surface area contributed by atoms with Crippen LogP contribution in [0.25, 0.3) is 10.4 Å². The second-order valence-electron chi connectivity index (χ2n) is 11.9. The molecule has 15 heteroatoms. The van der Waals surface area contributed by atoms with Gasteiger partial charge in [-0.15, -0.1) is 0 Å². The van der Waals surface area contributed by atoms with E-state index in [4.69, 9.17) is 0 Å².